The zero-order chi connectivity index (χ0) is 18.8. The number of hydrogen-bond acceptors (Lipinski definition) is 6. The second kappa shape index (κ2) is 8.31. The van der Waals surface area contributed by atoms with Crippen molar-refractivity contribution in [2.75, 3.05) is 18.0 Å². The molecule has 0 radical (unpaired) electrons. The molecule has 1 saturated heterocycles. The summed E-state index contributed by atoms with van der Waals surface area (Å²) < 4.78 is 5.80. The van der Waals surface area contributed by atoms with Crippen molar-refractivity contribution < 1.29 is 9.53 Å². The van der Waals surface area contributed by atoms with Gasteiger partial charge in [-0.05, 0) is 62.6 Å². The molecule has 2 aliphatic rings. The van der Waals surface area contributed by atoms with Crippen molar-refractivity contribution in [1.82, 2.24) is 9.97 Å². The molecule has 2 aromatic rings. The smallest absolute Gasteiger partial charge is 0.348 e. The van der Waals surface area contributed by atoms with Crippen LogP contribution in [0.15, 0.2) is 0 Å². The molecule has 4 rings (SSSR count). The minimum absolute atomic E-state index is 0.0515. The van der Waals surface area contributed by atoms with Gasteiger partial charge in [-0.25, -0.2) is 9.78 Å². The van der Waals surface area contributed by atoms with Crippen molar-refractivity contribution in [2.24, 2.45) is 0 Å². The molecule has 0 bridgehead atoms. The van der Waals surface area contributed by atoms with Crippen LogP contribution in [0, 0.1) is 6.92 Å². The lowest BCUT2D eigenvalue weighted by Gasteiger charge is -2.22. The summed E-state index contributed by atoms with van der Waals surface area (Å²) in [5.74, 6) is 0.651. The van der Waals surface area contributed by atoms with Gasteiger partial charge < -0.3 is 9.64 Å². The van der Waals surface area contributed by atoms with Gasteiger partial charge in [0, 0.05) is 13.1 Å². The number of fused-ring (bicyclic) bond motifs is 1. The molecule has 0 unspecified atom stereocenters. The predicted molar refractivity (Wildman–Crippen MR) is 110 cm³/mol. The summed E-state index contributed by atoms with van der Waals surface area (Å²) in [4.78, 5) is 25.5. The maximum absolute atomic E-state index is 12.8. The Labute approximate surface area is 169 Å². The van der Waals surface area contributed by atoms with Gasteiger partial charge in [0.15, 0.2) is 0 Å². The zero-order valence-electron chi connectivity index (χ0n) is 15.8. The number of carbonyl (C=O) groups excluding carboxylic acids is 1. The van der Waals surface area contributed by atoms with Crippen LogP contribution < -0.4 is 4.90 Å². The number of halogens is 1. The summed E-state index contributed by atoms with van der Waals surface area (Å²) in [5.41, 5.74) is 0.923. The summed E-state index contributed by atoms with van der Waals surface area (Å²) in [6.07, 6.45) is 10.3. The first-order valence-corrected chi connectivity index (χ1v) is 11.3. The fourth-order valence-corrected chi connectivity index (χ4v) is 5.46. The number of ether oxygens (including phenoxy) is 1. The number of esters is 1. The van der Waals surface area contributed by atoms with E-state index in [0.717, 1.165) is 73.2 Å². The molecule has 2 fully saturated rings. The van der Waals surface area contributed by atoms with Crippen LogP contribution in [0.5, 0.6) is 0 Å². The van der Waals surface area contributed by atoms with Crippen LogP contribution in [0.2, 0.25) is 5.28 Å². The fraction of sp³-hybridized carbons (Fsp3) is 0.650. The SMILES string of the molecule is Cc1c(C(=O)OC2CCCCC2)sc2nc(Cl)nc(N3CCCCCC3)c12. The third-order valence-corrected chi connectivity index (χ3v) is 7.00. The largest absolute Gasteiger partial charge is 0.458 e. The standard InChI is InChI=1S/C20H26ClN3O2S/c1-13-15-17(24-11-7-2-3-8-12-24)22-20(21)23-18(15)27-16(13)19(25)26-14-9-5-4-6-10-14/h14H,2-12H2,1H3. The summed E-state index contributed by atoms with van der Waals surface area (Å²) in [7, 11) is 0. The van der Waals surface area contributed by atoms with Gasteiger partial charge in [0.2, 0.25) is 5.28 Å². The van der Waals surface area contributed by atoms with Gasteiger partial charge in [0.1, 0.15) is 21.6 Å². The second-order valence-electron chi connectivity index (χ2n) is 7.62. The molecule has 0 atom stereocenters. The molecule has 0 aromatic carbocycles. The highest BCUT2D eigenvalue weighted by atomic mass is 35.5. The van der Waals surface area contributed by atoms with E-state index in [2.05, 4.69) is 14.9 Å². The highest BCUT2D eigenvalue weighted by Crippen LogP contribution is 2.37. The van der Waals surface area contributed by atoms with Crippen molar-refractivity contribution in [2.45, 2.75) is 70.8 Å². The molecule has 1 aliphatic heterocycles. The van der Waals surface area contributed by atoms with Crippen LogP contribution in [-0.2, 0) is 4.74 Å². The minimum atomic E-state index is -0.222. The zero-order valence-corrected chi connectivity index (χ0v) is 17.4. The van der Waals surface area contributed by atoms with Crippen molar-refractivity contribution >= 4 is 44.9 Å². The number of carbonyl (C=O) groups is 1. The fourth-order valence-electron chi connectivity index (χ4n) is 4.19. The Morgan fingerprint density at radius 2 is 1.74 bits per heavy atom. The van der Waals surface area contributed by atoms with E-state index in [9.17, 15) is 4.79 Å². The molecular formula is C20H26ClN3O2S. The van der Waals surface area contributed by atoms with Crippen LogP contribution in [0.25, 0.3) is 10.2 Å². The Morgan fingerprint density at radius 3 is 2.44 bits per heavy atom. The van der Waals surface area contributed by atoms with E-state index in [1.54, 1.807) is 0 Å². The Morgan fingerprint density at radius 1 is 1.07 bits per heavy atom. The number of nitrogens with zero attached hydrogens (tertiary/aromatic N) is 3. The van der Waals surface area contributed by atoms with Gasteiger partial charge in [-0.1, -0.05) is 19.3 Å². The topological polar surface area (TPSA) is 55.3 Å². The molecule has 7 heteroatoms. The maximum Gasteiger partial charge on any atom is 0.348 e. The van der Waals surface area contributed by atoms with Crippen LogP contribution >= 0.6 is 22.9 Å². The van der Waals surface area contributed by atoms with E-state index in [1.165, 1.54) is 30.6 Å². The van der Waals surface area contributed by atoms with E-state index < -0.39 is 0 Å². The lowest BCUT2D eigenvalue weighted by molar-refractivity contribution is 0.0216. The third kappa shape index (κ3) is 4.06. The maximum atomic E-state index is 12.8. The molecule has 146 valence electrons. The van der Waals surface area contributed by atoms with Gasteiger partial charge in [-0.3, -0.25) is 0 Å². The summed E-state index contributed by atoms with van der Waals surface area (Å²) in [6.45, 7) is 3.92. The van der Waals surface area contributed by atoms with Crippen LogP contribution in [-0.4, -0.2) is 35.1 Å². The Kier molecular flexibility index (Phi) is 5.83. The minimum Gasteiger partial charge on any atom is -0.458 e. The number of rotatable bonds is 3. The van der Waals surface area contributed by atoms with Gasteiger partial charge in [-0.15, -0.1) is 11.3 Å². The molecule has 0 N–H and O–H groups in total. The Hall–Kier alpha value is -1.40. The molecule has 5 nitrogen and oxygen atoms in total. The van der Waals surface area contributed by atoms with Crippen molar-refractivity contribution in [1.29, 1.82) is 0 Å². The average Bonchev–Trinajstić information content (AvgIpc) is 2.85. The van der Waals surface area contributed by atoms with Gasteiger partial charge >= 0.3 is 5.97 Å². The normalized spacial score (nSPS) is 19.3. The van der Waals surface area contributed by atoms with E-state index in [0.29, 0.717) is 4.88 Å². The number of anilines is 1. The van der Waals surface area contributed by atoms with E-state index in [-0.39, 0.29) is 17.4 Å². The number of hydrogen-bond donors (Lipinski definition) is 0. The highest BCUT2D eigenvalue weighted by molar-refractivity contribution is 7.20. The van der Waals surface area contributed by atoms with Crippen LogP contribution in [0.3, 0.4) is 0 Å². The molecular weight excluding hydrogens is 382 g/mol. The average molecular weight is 408 g/mol. The van der Waals surface area contributed by atoms with Crippen LogP contribution in [0.1, 0.15) is 73.0 Å². The van der Waals surface area contributed by atoms with Crippen LogP contribution in [0.4, 0.5) is 5.82 Å². The molecule has 2 aromatic heterocycles. The van der Waals surface area contributed by atoms with Gasteiger partial charge in [-0.2, -0.15) is 4.98 Å². The summed E-state index contributed by atoms with van der Waals surface area (Å²) >= 11 is 7.60. The Balaban J connectivity index is 1.67. The lowest BCUT2D eigenvalue weighted by atomic mass is 9.98. The van der Waals surface area contributed by atoms with Gasteiger partial charge in [0.25, 0.3) is 0 Å². The molecule has 1 aliphatic carbocycles. The molecule has 0 amide bonds. The van der Waals surface area contributed by atoms with Gasteiger partial charge in [0.05, 0.1) is 5.39 Å². The first-order valence-electron chi connectivity index (χ1n) is 10.1. The summed E-state index contributed by atoms with van der Waals surface area (Å²) in [5, 5.41) is 1.21. The predicted octanol–water partition coefficient (Wildman–Crippen LogP) is 5.52. The molecule has 1 saturated carbocycles. The van der Waals surface area contributed by atoms with E-state index in [4.69, 9.17) is 16.3 Å². The number of aryl methyl sites for hydroxylation is 1. The van der Waals surface area contributed by atoms with Crippen molar-refractivity contribution in [3.05, 3.63) is 15.7 Å². The number of thiophene rings is 1. The van der Waals surface area contributed by atoms with E-state index >= 15 is 0 Å². The van der Waals surface area contributed by atoms with E-state index in [1.807, 2.05) is 6.92 Å². The van der Waals surface area contributed by atoms with Crippen molar-refractivity contribution in [3.8, 4) is 0 Å². The first-order chi connectivity index (χ1) is 13.1. The third-order valence-electron chi connectivity index (χ3n) is 5.66. The molecule has 27 heavy (non-hydrogen) atoms. The Bertz CT molecular complexity index is 824. The monoisotopic (exact) mass is 407 g/mol. The van der Waals surface area contributed by atoms with Crippen molar-refractivity contribution in [3.63, 3.8) is 0 Å². The molecule has 3 heterocycles. The first kappa shape index (κ1) is 18.9. The summed E-state index contributed by atoms with van der Waals surface area (Å²) in [6, 6.07) is 0. The highest BCUT2D eigenvalue weighted by Gasteiger charge is 2.26. The second-order valence-corrected chi connectivity index (χ2v) is 8.96. The number of aromatic nitrogens is 2. The quantitative estimate of drug-likeness (QED) is 0.495. The molecule has 0 spiro atoms. The lowest BCUT2D eigenvalue weighted by Crippen LogP contribution is -2.25.